The monoisotopic (exact) mass is 358 g/mol. The number of carbonyl (C=O) groups excluding carboxylic acids is 2. The van der Waals surface area contributed by atoms with Gasteiger partial charge in [-0.3, -0.25) is 9.59 Å². The van der Waals surface area contributed by atoms with E-state index in [1.54, 1.807) is 18.7 Å². The zero-order valence-corrected chi connectivity index (χ0v) is 15.9. The summed E-state index contributed by atoms with van der Waals surface area (Å²) >= 11 is 0. The Morgan fingerprint density at radius 1 is 1.12 bits per heavy atom. The van der Waals surface area contributed by atoms with Gasteiger partial charge in [-0.15, -0.1) is 0 Å². The molecule has 1 atom stereocenters. The van der Waals surface area contributed by atoms with Crippen molar-refractivity contribution in [1.29, 1.82) is 0 Å². The molecule has 0 aromatic rings. The SMILES string of the molecule is CCN(C(=O)C(C)(C)C(=O)N1CCCCCC1)C1CCS(=O)(=O)C1. The standard InChI is InChI=1S/C17H30N2O4S/c1-4-19(14-9-12-24(22,23)13-14)16(21)17(2,3)15(20)18-10-7-5-6-8-11-18/h14H,4-13H2,1-3H3. The molecule has 0 aromatic heterocycles. The van der Waals surface area contributed by atoms with Crippen molar-refractivity contribution in [2.45, 2.75) is 58.9 Å². The van der Waals surface area contributed by atoms with Crippen LogP contribution in [-0.4, -0.2) is 67.2 Å². The molecular formula is C17H30N2O4S. The van der Waals surface area contributed by atoms with Crippen molar-refractivity contribution in [3.05, 3.63) is 0 Å². The lowest BCUT2D eigenvalue weighted by atomic mass is 9.88. The lowest BCUT2D eigenvalue weighted by molar-refractivity contribution is -0.155. The summed E-state index contributed by atoms with van der Waals surface area (Å²) in [5.74, 6) is -0.238. The van der Waals surface area contributed by atoms with E-state index in [0.717, 1.165) is 25.7 Å². The predicted octanol–water partition coefficient (Wildman–Crippen LogP) is 1.45. The summed E-state index contributed by atoms with van der Waals surface area (Å²) < 4.78 is 23.5. The predicted molar refractivity (Wildman–Crippen MR) is 93.3 cm³/mol. The molecular weight excluding hydrogens is 328 g/mol. The van der Waals surface area contributed by atoms with Crippen LogP contribution in [0.2, 0.25) is 0 Å². The van der Waals surface area contributed by atoms with Gasteiger partial charge < -0.3 is 9.80 Å². The second-order valence-electron chi connectivity index (χ2n) is 7.48. The minimum absolute atomic E-state index is 0.0144. The van der Waals surface area contributed by atoms with Gasteiger partial charge in [-0.1, -0.05) is 12.8 Å². The smallest absolute Gasteiger partial charge is 0.237 e. The Bertz CT molecular complexity index is 577. The fraction of sp³-hybridized carbons (Fsp3) is 0.882. The highest BCUT2D eigenvalue weighted by Gasteiger charge is 2.44. The number of carbonyl (C=O) groups is 2. The van der Waals surface area contributed by atoms with Crippen molar-refractivity contribution in [1.82, 2.24) is 9.80 Å². The van der Waals surface area contributed by atoms with Crippen LogP contribution in [0.4, 0.5) is 0 Å². The number of sulfone groups is 1. The van der Waals surface area contributed by atoms with E-state index in [1.165, 1.54) is 0 Å². The summed E-state index contributed by atoms with van der Waals surface area (Å²) in [5.41, 5.74) is -1.15. The van der Waals surface area contributed by atoms with Gasteiger partial charge in [0.2, 0.25) is 11.8 Å². The van der Waals surface area contributed by atoms with E-state index in [9.17, 15) is 18.0 Å². The summed E-state index contributed by atoms with van der Waals surface area (Å²) in [4.78, 5) is 29.4. The van der Waals surface area contributed by atoms with Crippen LogP contribution >= 0.6 is 0 Å². The van der Waals surface area contributed by atoms with Gasteiger partial charge in [-0.25, -0.2) is 8.42 Å². The van der Waals surface area contributed by atoms with Gasteiger partial charge in [0.15, 0.2) is 9.84 Å². The number of likely N-dealkylation sites (tertiary alicyclic amines) is 1. The van der Waals surface area contributed by atoms with E-state index >= 15 is 0 Å². The molecule has 1 unspecified atom stereocenters. The molecule has 0 bridgehead atoms. The Hall–Kier alpha value is -1.11. The van der Waals surface area contributed by atoms with Crippen LogP contribution in [0.3, 0.4) is 0 Å². The molecule has 2 aliphatic rings. The minimum atomic E-state index is -3.06. The highest BCUT2D eigenvalue weighted by atomic mass is 32.2. The molecule has 0 saturated carbocycles. The van der Waals surface area contributed by atoms with Crippen LogP contribution in [0.1, 0.15) is 52.9 Å². The first-order valence-electron chi connectivity index (χ1n) is 9.00. The van der Waals surface area contributed by atoms with E-state index in [2.05, 4.69) is 0 Å². The maximum Gasteiger partial charge on any atom is 0.237 e. The molecule has 7 heteroatoms. The van der Waals surface area contributed by atoms with E-state index in [4.69, 9.17) is 0 Å². The summed E-state index contributed by atoms with van der Waals surface area (Å²) in [7, 11) is -3.06. The van der Waals surface area contributed by atoms with Crippen molar-refractivity contribution in [2.75, 3.05) is 31.1 Å². The molecule has 0 aliphatic carbocycles. The average molecular weight is 359 g/mol. The van der Waals surface area contributed by atoms with E-state index < -0.39 is 15.3 Å². The second-order valence-corrected chi connectivity index (χ2v) is 9.71. The second kappa shape index (κ2) is 7.42. The van der Waals surface area contributed by atoms with Gasteiger partial charge in [0.1, 0.15) is 5.41 Å². The van der Waals surface area contributed by atoms with Gasteiger partial charge in [-0.2, -0.15) is 0 Å². The molecule has 2 saturated heterocycles. The third kappa shape index (κ3) is 4.10. The van der Waals surface area contributed by atoms with E-state index in [-0.39, 0.29) is 29.4 Å². The lowest BCUT2D eigenvalue weighted by Gasteiger charge is -2.36. The van der Waals surface area contributed by atoms with Gasteiger partial charge in [-0.05, 0) is 40.0 Å². The number of nitrogens with zero attached hydrogens (tertiary/aromatic N) is 2. The molecule has 0 N–H and O–H groups in total. The van der Waals surface area contributed by atoms with Gasteiger partial charge in [0.05, 0.1) is 11.5 Å². The van der Waals surface area contributed by atoms with Crippen LogP contribution < -0.4 is 0 Å². The molecule has 2 amide bonds. The molecule has 0 radical (unpaired) electrons. The van der Waals surface area contributed by atoms with Gasteiger partial charge in [0, 0.05) is 25.7 Å². The molecule has 24 heavy (non-hydrogen) atoms. The topological polar surface area (TPSA) is 74.8 Å². The highest BCUT2D eigenvalue weighted by molar-refractivity contribution is 7.91. The first kappa shape index (κ1) is 19.2. The summed E-state index contributed by atoms with van der Waals surface area (Å²) in [6, 6.07) is -0.302. The molecule has 2 fully saturated rings. The summed E-state index contributed by atoms with van der Waals surface area (Å²) in [5, 5.41) is 0. The summed E-state index contributed by atoms with van der Waals surface area (Å²) in [6.45, 7) is 7.04. The Labute approximate surface area is 145 Å². The van der Waals surface area contributed by atoms with Crippen LogP contribution in [0.25, 0.3) is 0 Å². The maximum atomic E-state index is 13.0. The fourth-order valence-electron chi connectivity index (χ4n) is 3.71. The lowest BCUT2D eigenvalue weighted by Crippen LogP contribution is -2.54. The Balaban J connectivity index is 2.13. The Morgan fingerprint density at radius 2 is 1.71 bits per heavy atom. The number of hydrogen-bond donors (Lipinski definition) is 0. The first-order valence-corrected chi connectivity index (χ1v) is 10.8. The van der Waals surface area contributed by atoms with Crippen molar-refractivity contribution in [3.8, 4) is 0 Å². The van der Waals surface area contributed by atoms with Crippen LogP contribution in [0, 0.1) is 5.41 Å². The number of hydrogen-bond acceptors (Lipinski definition) is 4. The fourth-order valence-corrected chi connectivity index (χ4v) is 5.44. The zero-order valence-electron chi connectivity index (χ0n) is 15.1. The number of rotatable bonds is 4. The van der Waals surface area contributed by atoms with Crippen molar-refractivity contribution in [2.24, 2.45) is 5.41 Å². The molecule has 2 heterocycles. The van der Waals surface area contributed by atoms with Crippen LogP contribution in [0.5, 0.6) is 0 Å². The first-order chi connectivity index (χ1) is 11.2. The molecule has 2 rings (SSSR count). The van der Waals surface area contributed by atoms with Crippen molar-refractivity contribution in [3.63, 3.8) is 0 Å². The molecule has 2 aliphatic heterocycles. The molecule has 0 spiro atoms. The van der Waals surface area contributed by atoms with Gasteiger partial charge >= 0.3 is 0 Å². The van der Waals surface area contributed by atoms with Gasteiger partial charge in [0.25, 0.3) is 0 Å². The third-order valence-electron chi connectivity index (χ3n) is 5.21. The molecule has 138 valence electrons. The quantitative estimate of drug-likeness (QED) is 0.713. The molecule has 6 nitrogen and oxygen atoms in total. The number of amides is 2. The maximum absolute atomic E-state index is 13.0. The average Bonchev–Trinajstić information content (AvgIpc) is 2.74. The normalized spacial score (nSPS) is 24.5. The summed E-state index contributed by atoms with van der Waals surface area (Å²) in [6.07, 6.45) is 4.68. The van der Waals surface area contributed by atoms with Crippen molar-refractivity contribution < 1.29 is 18.0 Å². The van der Waals surface area contributed by atoms with Crippen LogP contribution in [0.15, 0.2) is 0 Å². The Morgan fingerprint density at radius 3 is 2.17 bits per heavy atom. The Kier molecular flexibility index (Phi) is 5.94. The van der Waals surface area contributed by atoms with Crippen LogP contribution in [-0.2, 0) is 19.4 Å². The third-order valence-corrected chi connectivity index (χ3v) is 6.96. The zero-order chi connectivity index (χ0) is 18.0. The highest BCUT2D eigenvalue weighted by Crippen LogP contribution is 2.28. The van der Waals surface area contributed by atoms with E-state index in [1.807, 2.05) is 11.8 Å². The van der Waals surface area contributed by atoms with Crippen molar-refractivity contribution >= 4 is 21.7 Å². The largest absolute Gasteiger partial charge is 0.342 e. The minimum Gasteiger partial charge on any atom is -0.342 e. The van der Waals surface area contributed by atoms with E-state index in [0.29, 0.717) is 26.1 Å². The molecule has 0 aromatic carbocycles.